The summed E-state index contributed by atoms with van der Waals surface area (Å²) in [6, 6.07) is 3.79. The lowest BCUT2D eigenvalue weighted by Gasteiger charge is -2.08. The average Bonchev–Trinajstić information content (AvgIpc) is 2.70. The van der Waals surface area contributed by atoms with Crippen LogP contribution in [-0.4, -0.2) is 5.91 Å². The summed E-state index contributed by atoms with van der Waals surface area (Å²) < 4.78 is 13.0. The van der Waals surface area contributed by atoms with Crippen LogP contribution in [0, 0.1) is 5.82 Å². The molecule has 18 heavy (non-hydrogen) atoms. The highest BCUT2D eigenvalue weighted by atomic mass is 35.5. The van der Waals surface area contributed by atoms with Gasteiger partial charge in [-0.25, -0.2) is 4.39 Å². The number of hydrogen-bond acceptors (Lipinski definition) is 3. The van der Waals surface area contributed by atoms with Crippen molar-refractivity contribution in [2.45, 2.75) is 4.90 Å². The molecule has 0 aliphatic heterocycles. The minimum absolute atomic E-state index is 0.0519. The van der Waals surface area contributed by atoms with Gasteiger partial charge in [-0.2, -0.15) is 0 Å². The lowest BCUT2D eigenvalue weighted by Crippen LogP contribution is -2.11. The van der Waals surface area contributed by atoms with Crippen molar-refractivity contribution >= 4 is 58.8 Å². The van der Waals surface area contributed by atoms with Crippen LogP contribution in [0.2, 0.25) is 10.0 Å². The number of hydrogen-bond donors (Lipinski definition) is 2. The monoisotopic (exact) mass is 321 g/mol. The van der Waals surface area contributed by atoms with Gasteiger partial charge in [0.05, 0.1) is 20.6 Å². The van der Waals surface area contributed by atoms with Crippen molar-refractivity contribution in [1.82, 2.24) is 0 Å². The smallest absolute Gasteiger partial charge is 0.265 e. The highest BCUT2D eigenvalue weighted by molar-refractivity contribution is 7.80. The van der Waals surface area contributed by atoms with E-state index in [0.717, 1.165) is 12.1 Å². The van der Waals surface area contributed by atoms with E-state index in [1.807, 2.05) is 0 Å². The SMILES string of the molecule is O=C(Nc1c(Cl)cc(F)cc1Cl)c1cc(S)cs1. The van der Waals surface area contributed by atoms with Crippen LogP contribution in [0.5, 0.6) is 0 Å². The van der Waals surface area contributed by atoms with Crippen LogP contribution in [0.15, 0.2) is 28.5 Å². The summed E-state index contributed by atoms with van der Waals surface area (Å²) in [5.74, 6) is -0.924. The van der Waals surface area contributed by atoms with Crippen LogP contribution in [0.1, 0.15) is 9.67 Å². The molecule has 0 radical (unpaired) electrons. The number of nitrogens with one attached hydrogen (secondary N) is 1. The molecule has 0 atom stereocenters. The Hall–Kier alpha value is -0.750. The van der Waals surface area contributed by atoms with E-state index in [0.29, 0.717) is 9.77 Å². The lowest BCUT2D eigenvalue weighted by atomic mass is 10.3. The predicted octanol–water partition coefficient (Wildman–Crippen LogP) is 4.74. The van der Waals surface area contributed by atoms with Gasteiger partial charge in [-0.1, -0.05) is 23.2 Å². The third-order valence-electron chi connectivity index (χ3n) is 2.05. The Morgan fingerprint density at radius 2 is 1.89 bits per heavy atom. The topological polar surface area (TPSA) is 29.1 Å². The maximum Gasteiger partial charge on any atom is 0.265 e. The van der Waals surface area contributed by atoms with Gasteiger partial charge in [0.15, 0.2) is 0 Å². The van der Waals surface area contributed by atoms with Gasteiger partial charge >= 0.3 is 0 Å². The molecule has 0 aliphatic carbocycles. The molecule has 0 saturated carbocycles. The van der Waals surface area contributed by atoms with Crippen molar-refractivity contribution in [3.63, 3.8) is 0 Å². The molecule has 0 unspecified atom stereocenters. The van der Waals surface area contributed by atoms with Gasteiger partial charge in [0.1, 0.15) is 5.82 Å². The molecule has 0 aliphatic rings. The van der Waals surface area contributed by atoms with Gasteiger partial charge in [-0.15, -0.1) is 24.0 Å². The molecule has 0 fully saturated rings. The first-order valence-electron chi connectivity index (χ1n) is 4.71. The number of thiol groups is 1. The summed E-state index contributed by atoms with van der Waals surface area (Å²) in [6.07, 6.45) is 0. The van der Waals surface area contributed by atoms with E-state index >= 15 is 0 Å². The minimum Gasteiger partial charge on any atom is -0.319 e. The zero-order valence-corrected chi connectivity index (χ0v) is 11.9. The highest BCUT2D eigenvalue weighted by Crippen LogP contribution is 2.32. The molecule has 1 heterocycles. The van der Waals surface area contributed by atoms with Crippen molar-refractivity contribution in [2.75, 3.05) is 5.32 Å². The van der Waals surface area contributed by atoms with Crippen molar-refractivity contribution in [3.8, 4) is 0 Å². The Bertz CT molecular complexity index is 592. The second-order valence-corrected chi connectivity index (χ2v) is 5.61. The van der Waals surface area contributed by atoms with Crippen molar-refractivity contribution in [1.29, 1.82) is 0 Å². The van der Waals surface area contributed by atoms with Gasteiger partial charge in [0, 0.05) is 10.3 Å². The fraction of sp³-hybridized carbons (Fsp3) is 0. The molecule has 1 N–H and O–H groups in total. The van der Waals surface area contributed by atoms with E-state index in [4.69, 9.17) is 23.2 Å². The molecular formula is C11H6Cl2FNOS2. The summed E-state index contributed by atoms with van der Waals surface area (Å²) in [6.45, 7) is 0. The Morgan fingerprint density at radius 1 is 1.28 bits per heavy atom. The average molecular weight is 322 g/mol. The summed E-state index contributed by atoms with van der Waals surface area (Å²) in [7, 11) is 0. The largest absolute Gasteiger partial charge is 0.319 e. The van der Waals surface area contributed by atoms with E-state index in [1.165, 1.54) is 11.3 Å². The first-order valence-corrected chi connectivity index (χ1v) is 6.79. The van der Waals surface area contributed by atoms with Gasteiger partial charge in [0.2, 0.25) is 0 Å². The van der Waals surface area contributed by atoms with Gasteiger partial charge in [0.25, 0.3) is 5.91 Å². The quantitative estimate of drug-likeness (QED) is 0.769. The Kier molecular flexibility index (Phi) is 4.17. The van der Waals surface area contributed by atoms with Crippen LogP contribution in [-0.2, 0) is 0 Å². The van der Waals surface area contributed by atoms with Crippen LogP contribution >= 0.6 is 47.2 Å². The molecule has 0 saturated heterocycles. The second kappa shape index (κ2) is 5.48. The van der Waals surface area contributed by atoms with Crippen LogP contribution in [0.3, 0.4) is 0 Å². The van der Waals surface area contributed by atoms with Gasteiger partial charge < -0.3 is 5.32 Å². The molecule has 94 valence electrons. The molecule has 1 aromatic carbocycles. The van der Waals surface area contributed by atoms with Crippen LogP contribution in [0.25, 0.3) is 0 Å². The normalized spacial score (nSPS) is 10.4. The molecule has 1 amide bonds. The number of amides is 1. The van der Waals surface area contributed by atoms with E-state index in [1.54, 1.807) is 11.4 Å². The number of anilines is 1. The predicted molar refractivity (Wildman–Crippen MR) is 75.9 cm³/mol. The highest BCUT2D eigenvalue weighted by Gasteiger charge is 2.14. The number of rotatable bonds is 2. The summed E-state index contributed by atoms with van der Waals surface area (Å²) in [4.78, 5) is 13.0. The molecule has 2 aromatic rings. The fourth-order valence-electron chi connectivity index (χ4n) is 1.28. The third-order valence-corrected chi connectivity index (χ3v) is 4.01. The Labute approximate surface area is 122 Å². The molecular weight excluding hydrogens is 316 g/mol. The number of carbonyl (C=O) groups excluding carboxylic acids is 1. The summed E-state index contributed by atoms with van der Waals surface area (Å²) in [5.41, 5.74) is 0.193. The maximum absolute atomic E-state index is 13.0. The maximum atomic E-state index is 13.0. The Balaban J connectivity index is 2.27. The molecule has 2 nitrogen and oxygen atoms in total. The number of thiophene rings is 1. The van der Waals surface area contributed by atoms with E-state index in [2.05, 4.69) is 17.9 Å². The van der Waals surface area contributed by atoms with Crippen LogP contribution < -0.4 is 5.32 Å². The van der Waals surface area contributed by atoms with E-state index < -0.39 is 5.82 Å². The summed E-state index contributed by atoms with van der Waals surface area (Å²) >= 11 is 17.0. The van der Waals surface area contributed by atoms with E-state index in [-0.39, 0.29) is 21.6 Å². The van der Waals surface area contributed by atoms with Crippen molar-refractivity contribution < 1.29 is 9.18 Å². The number of benzene rings is 1. The molecule has 0 bridgehead atoms. The zero-order valence-electron chi connectivity index (χ0n) is 8.71. The molecule has 0 spiro atoms. The number of halogens is 3. The van der Waals surface area contributed by atoms with Crippen LogP contribution in [0.4, 0.5) is 10.1 Å². The minimum atomic E-state index is -0.559. The first kappa shape index (κ1) is 13.7. The lowest BCUT2D eigenvalue weighted by molar-refractivity contribution is 0.103. The Morgan fingerprint density at radius 3 is 2.39 bits per heavy atom. The van der Waals surface area contributed by atoms with E-state index in [9.17, 15) is 9.18 Å². The van der Waals surface area contributed by atoms with Crippen molar-refractivity contribution in [2.24, 2.45) is 0 Å². The standard InChI is InChI=1S/C11H6Cl2FNOS2/c12-7-1-5(14)2-8(13)10(7)15-11(16)9-3-6(17)4-18-9/h1-4,17H,(H,15,16). The fourth-order valence-corrected chi connectivity index (χ4v) is 2.88. The molecule has 1 aromatic heterocycles. The zero-order chi connectivity index (χ0) is 13.3. The number of carbonyl (C=O) groups is 1. The van der Waals surface area contributed by atoms with Crippen molar-refractivity contribution in [3.05, 3.63) is 44.3 Å². The van der Waals surface area contributed by atoms with Gasteiger partial charge in [-0.05, 0) is 18.2 Å². The third kappa shape index (κ3) is 2.98. The second-order valence-electron chi connectivity index (χ2n) is 3.37. The first-order chi connectivity index (χ1) is 8.47. The summed E-state index contributed by atoms with van der Waals surface area (Å²) in [5, 5.41) is 4.37. The van der Waals surface area contributed by atoms with Gasteiger partial charge in [-0.3, -0.25) is 4.79 Å². The molecule has 2 rings (SSSR count). The molecule has 7 heteroatoms.